The van der Waals surface area contributed by atoms with Crippen LogP contribution in [0.1, 0.15) is 38.2 Å². The zero-order chi connectivity index (χ0) is 14.0. The number of hydrogen-bond donors (Lipinski definition) is 0. The van der Waals surface area contributed by atoms with Gasteiger partial charge in [-0.1, -0.05) is 28.1 Å². The first-order valence-corrected chi connectivity index (χ1v) is 8.95. The monoisotopic (exact) mass is 345 g/mol. The summed E-state index contributed by atoms with van der Waals surface area (Å²) in [6, 6.07) is 8.35. The second kappa shape index (κ2) is 5.94. The van der Waals surface area contributed by atoms with Crippen LogP contribution in [0, 0.1) is 0 Å². The van der Waals surface area contributed by atoms with Gasteiger partial charge in [-0.2, -0.15) is 0 Å². The van der Waals surface area contributed by atoms with Crippen molar-refractivity contribution < 1.29 is 8.42 Å². The predicted octanol–water partition coefficient (Wildman–Crippen LogP) is 3.37. The van der Waals surface area contributed by atoms with E-state index in [2.05, 4.69) is 28.1 Å². The van der Waals surface area contributed by atoms with Crippen LogP contribution in [-0.4, -0.2) is 31.1 Å². The summed E-state index contributed by atoms with van der Waals surface area (Å²) in [6.45, 7) is 4.77. The molecule has 0 unspecified atom stereocenters. The highest BCUT2D eigenvalue weighted by molar-refractivity contribution is 9.10. The molecule has 0 N–H and O–H groups in total. The highest BCUT2D eigenvalue weighted by Gasteiger charge is 2.30. The Morgan fingerprint density at radius 2 is 1.68 bits per heavy atom. The SMILES string of the molecule is CC(C)S(=O)(=O)N1CCC(c2ccc(Br)cc2)CC1. The molecule has 106 valence electrons. The molecule has 5 heteroatoms. The van der Waals surface area contributed by atoms with Crippen molar-refractivity contribution in [2.24, 2.45) is 0 Å². The highest BCUT2D eigenvalue weighted by Crippen LogP contribution is 2.30. The summed E-state index contributed by atoms with van der Waals surface area (Å²) < 4.78 is 26.9. The van der Waals surface area contributed by atoms with Crippen molar-refractivity contribution >= 4 is 26.0 Å². The first-order chi connectivity index (χ1) is 8.91. The van der Waals surface area contributed by atoms with Crippen LogP contribution in [0.15, 0.2) is 28.7 Å². The number of halogens is 1. The molecule has 1 aliphatic heterocycles. The van der Waals surface area contributed by atoms with Crippen LogP contribution in [0.25, 0.3) is 0 Å². The summed E-state index contributed by atoms with van der Waals surface area (Å²) in [7, 11) is -3.09. The van der Waals surface area contributed by atoms with Crippen molar-refractivity contribution in [1.29, 1.82) is 0 Å². The molecule has 3 nitrogen and oxygen atoms in total. The third-order valence-corrected chi connectivity index (χ3v) is 6.56. The molecular formula is C14H20BrNO2S. The van der Waals surface area contributed by atoms with E-state index >= 15 is 0 Å². The molecule has 1 saturated heterocycles. The maximum Gasteiger partial charge on any atom is 0.216 e. The Morgan fingerprint density at radius 3 is 2.16 bits per heavy atom. The summed E-state index contributed by atoms with van der Waals surface area (Å²) in [6.07, 6.45) is 1.82. The van der Waals surface area contributed by atoms with E-state index < -0.39 is 10.0 Å². The van der Waals surface area contributed by atoms with Crippen molar-refractivity contribution in [3.63, 3.8) is 0 Å². The lowest BCUT2D eigenvalue weighted by atomic mass is 9.90. The van der Waals surface area contributed by atoms with E-state index in [4.69, 9.17) is 0 Å². The van der Waals surface area contributed by atoms with Crippen LogP contribution in [0.2, 0.25) is 0 Å². The molecule has 0 spiro atoms. The van der Waals surface area contributed by atoms with Crippen molar-refractivity contribution in [1.82, 2.24) is 4.31 Å². The highest BCUT2D eigenvalue weighted by atomic mass is 79.9. The van der Waals surface area contributed by atoms with E-state index in [1.165, 1.54) is 5.56 Å². The smallest absolute Gasteiger partial charge is 0.212 e. The summed E-state index contributed by atoms with van der Waals surface area (Å²) >= 11 is 3.43. The Kier molecular flexibility index (Phi) is 4.69. The molecule has 1 aromatic rings. The molecule has 0 bridgehead atoms. The fourth-order valence-corrected chi connectivity index (χ4v) is 4.06. The van der Waals surface area contributed by atoms with Crippen LogP contribution >= 0.6 is 15.9 Å². The normalized spacial score (nSPS) is 18.9. The first-order valence-electron chi connectivity index (χ1n) is 6.65. The summed E-state index contributed by atoms with van der Waals surface area (Å²) in [5.74, 6) is 0.478. The van der Waals surface area contributed by atoms with Gasteiger partial charge >= 0.3 is 0 Å². The molecule has 0 radical (unpaired) electrons. The lowest BCUT2D eigenvalue weighted by Crippen LogP contribution is -2.41. The summed E-state index contributed by atoms with van der Waals surface area (Å²) in [5, 5.41) is -0.322. The lowest BCUT2D eigenvalue weighted by Gasteiger charge is -2.32. The fourth-order valence-electron chi connectivity index (χ4n) is 2.48. The maximum absolute atomic E-state index is 12.1. The Hall–Kier alpha value is -0.390. The molecule has 19 heavy (non-hydrogen) atoms. The first kappa shape index (κ1) is 15.0. The Morgan fingerprint density at radius 1 is 1.16 bits per heavy atom. The van der Waals surface area contributed by atoms with E-state index in [9.17, 15) is 8.42 Å². The van der Waals surface area contributed by atoms with E-state index in [0.717, 1.165) is 17.3 Å². The van der Waals surface area contributed by atoms with E-state index in [1.807, 2.05) is 12.1 Å². The Bertz CT molecular complexity index is 517. The fraction of sp³-hybridized carbons (Fsp3) is 0.571. The number of benzene rings is 1. The van der Waals surface area contributed by atoms with Crippen LogP contribution in [-0.2, 0) is 10.0 Å². The molecular weight excluding hydrogens is 326 g/mol. The minimum Gasteiger partial charge on any atom is -0.212 e. The second-order valence-electron chi connectivity index (χ2n) is 5.32. The third kappa shape index (κ3) is 3.38. The van der Waals surface area contributed by atoms with Gasteiger partial charge in [-0.05, 0) is 50.3 Å². The molecule has 0 aromatic heterocycles. The molecule has 0 amide bonds. The van der Waals surface area contributed by atoms with Crippen LogP contribution in [0.5, 0.6) is 0 Å². The Balaban J connectivity index is 2.02. The standard InChI is InChI=1S/C14H20BrNO2S/c1-11(2)19(17,18)16-9-7-13(8-10-16)12-3-5-14(15)6-4-12/h3-6,11,13H,7-10H2,1-2H3. The lowest BCUT2D eigenvalue weighted by molar-refractivity contribution is 0.317. The van der Waals surface area contributed by atoms with Gasteiger partial charge in [-0.15, -0.1) is 0 Å². The minimum absolute atomic E-state index is 0.322. The minimum atomic E-state index is -3.09. The van der Waals surface area contributed by atoms with Gasteiger partial charge in [-0.25, -0.2) is 12.7 Å². The molecule has 0 atom stereocenters. The average molecular weight is 346 g/mol. The molecule has 1 aliphatic rings. The number of rotatable bonds is 3. The van der Waals surface area contributed by atoms with E-state index in [1.54, 1.807) is 18.2 Å². The van der Waals surface area contributed by atoms with Gasteiger partial charge < -0.3 is 0 Å². The van der Waals surface area contributed by atoms with Gasteiger partial charge in [0.2, 0.25) is 10.0 Å². The van der Waals surface area contributed by atoms with Crippen molar-refractivity contribution in [2.45, 2.75) is 37.9 Å². The number of hydrogen-bond acceptors (Lipinski definition) is 2. The van der Waals surface area contributed by atoms with Gasteiger partial charge in [0.1, 0.15) is 0 Å². The summed E-state index contributed by atoms with van der Waals surface area (Å²) in [5.41, 5.74) is 1.31. The molecule has 0 saturated carbocycles. The zero-order valence-corrected chi connectivity index (χ0v) is 13.7. The maximum atomic E-state index is 12.1. The van der Waals surface area contributed by atoms with E-state index in [-0.39, 0.29) is 5.25 Å². The van der Waals surface area contributed by atoms with Crippen molar-refractivity contribution in [3.8, 4) is 0 Å². The molecule has 1 fully saturated rings. The second-order valence-corrected chi connectivity index (χ2v) is 8.72. The quantitative estimate of drug-likeness (QED) is 0.842. The summed E-state index contributed by atoms with van der Waals surface area (Å²) in [4.78, 5) is 0. The number of piperidine rings is 1. The van der Waals surface area contributed by atoms with Gasteiger partial charge in [0, 0.05) is 17.6 Å². The zero-order valence-electron chi connectivity index (χ0n) is 11.3. The van der Waals surface area contributed by atoms with Crippen LogP contribution < -0.4 is 0 Å². The average Bonchev–Trinajstić information content (AvgIpc) is 2.39. The molecule has 1 aromatic carbocycles. The number of nitrogens with zero attached hydrogens (tertiary/aromatic N) is 1. The van der Waals surface area contributed by atoms with Gasteiger partial charge in [0.15, 0.2) is 0 Å². The van der Waals surface area contributed by atoms with Gasteiger partial charge in [-0.3, -0.25) is 0 Å². The predicted molar refractivity (Wildman–Crippen MR) is 81.7 cm³/mol. The van der Waals surface area contributed by atoms with Gasteiger partial charge in [0.25, 0.3) is 0 Å². The Labute approximate surface area is 124 Å². The number of sulfonamides is 1. The molecule has 2 rings (SSSR count). The van der Waals surface area contributed by atoms with Gasteiger partial charge in [0.05, 0.1) is 5.25 Å². The van der Waals surface area contributed by atoms with Crippen LogP contribution in [0.3, 0.4) is 0 Å². The third-order valence-electron chi connectivity index (χ3n) is 3.75. The molecule has 1 heterocycles. The topological polar surface area (TPSA) is 37.4 Å². The molecule has 0 aliphatic carbocycles. The van der Waals surface area contributed by atoms with Crippen LogP contribution in [0.4, 0.5) is 0 Å². The van der Waals surface area contributed by atoms with E-state index in [0.29, 0.717) is 19.0 Å². The van der Waals surface area contributed by atoms with Crippen molar-refractivity contribution in [2.75, 3.05) is 13.1 Å². The largest absolute Gasteiger partial charge is 0.216 e. The van der Waals surface area contributed by atoms with Crippen molar-refractivity contribution in [3.05, 3.63) is 34.3 Å².